The van der Waals surface area contributed by atoms with Crippen LogP contribution in [-0.2, 0) is 6.42 Å². The molecule has 1 aromatic rings. The molecule has 1 unspecified atom stereocenters. The number of rotatable bonds is 4. The summed E-state index contributed by atoms with van der Waals surface area (Å²) in [6, 6.07) is 6.61. The number of methoxy groups -OCH3 is 2. The minimum Gasteiger partial charge on any atom is -0.493 e. The molecule has 4 heteroatoms. The molecule has 1 fully saturated rings. The second kappa shape index (κ2) is 5.89. The highest BCUT2D eigenvalue weighted by Crippen LogP contribution is 2.27. The van der Waals surface area contributed by atoms with Crippen molar-refractivity contribution >= 4 is 0 Å². The Hall–Kier alpha value is -1.26. The van der Waals surface area contributed by atoms with Crippen molar-refractivity contribution in [3.05, 3.63) is 23.8 Å². The fraction of sp³-hybridized carbons (Fsp3) is 0.538. The first-order chi connectivity index (χ1) is 8.33. The summed E-state index contributed by atoms with van der Waals surface area (Å²) in [7, 11) is 3.33. The van der Waals surface area contributed by atoms with Gasteiger partial charge in [0.25, 0.3) is 0 Å². The normalized spacial score (nSPS) is 20.0. The molecule has 1 aliphatic heterocycles. The number of ether oxygens (including phenoxy) is 2. The molecule has 0 saturated carbocycles. The van der Waals surface area contributed by atoms with Gasteiger partial charge in [0, 0.05) is 25.7 Å². The van der Waals surface area contributed by atoms with E-state index in [-0.39, 0.29) is 0 Å². The average molecular weight is 236 g/mol. The highest BCUT2D eigenvalue weighted by molar-refractivity contribution is 5.43. The standard InChI is InChI=1S/C13H20N2O2/c1-16-12-4-3-10(8-13(12)17-2)7-11-9-14-5-6-15-11/h3-4,8,11,14-15H,5-7,9H2,1-2H3. The first-order valence-electron chi connectivity index (χ1n) is 5.98. The molecule has 0 aromatic heterocycles. The molecule has 1 aliphatic rings. The van der Waals surface area contributed by atoms with Crippen LogP contribution in [0.2, 0.25) is 0 Å². The summed E-state index contributed by atoms with van der Waals surface area (Å²) >= 11 is 0. The van der Waals surface area contributed by atoms with Crippen LogP contribution in [0, 0.1) is 0 Å². The molecule has 2 rings (SSSR count). The predicted molar refractivity (Wildman–Crippen MR) is 67.9 cm³/mol. The van der Waals surface area contributed by atoms with Gasteiger partial charge in [0.05, 0.1) is 14.2 Å². The van der Waals surface area contributed by atoms with Crippen molar-refractivity contribution in [3.63, 3.8) is 0 Å². The molecule has 0 bridgehead atoms. The monoisotopic (exact) mass is 236 g/mol. The molecule has 4 nitrogen and oxygen atoms in total. The SMILES string of the molecule is COc1ccc(CC2CNCCN2)cc1OC. The highest BCUT2D eigenvalue weighted by atomic mass is 16.5. The lowest BCUT2D eigenvalue weighted by Crippen LogP contribution is -2.49. The van der Waals surface area contributed by atoms with Crippen LogP contribution >= 0.6 is 0 Å². The van der Waals surface area contributed by atoms with E-state index in [4.69, 9.17) is 9.47 Å². The molecular formula is C13H20N2O2. The molecule has 17 heavy (non-hydrogen) atoms. The maximum absolute atomic E-state index is 5.31. The molecule has 1 saturated heterocycles. The Morgan fingerprint density at radius 3 is 2.65 bits per heavy atom. The average Bonchev–Trinajstić information content (AvgIpc) is 2.40. The van der Waals surface area contributed by atoms with E-state index in [0.717, 1.165) is 37.6 Å². The van der Waals surface area contributed by atoms with Crippen molar-refractivity contribution in [2.75, 3.05) is 33.9 Å². The first-order valence-corrected chi connectivity index (χ1v) is 5.98. The third-order valence-corrected chi connectivity index (χ3v) is 3.06. The summed E-state index contributed by atoms with van der Waals surface area (Å²) in [5, 5.41) is 6.89. The third kappa shape index (κ3) is 3.11. The minimum absolute atomic E-state index is 0.502. The molecule has 94 valence electrons. The van der Waals surface area contributed by atoms with E-state index < -0.39 is 0 Å². The fourth-order valence-corrected chi connectivity index (χ4v) is 2.15. The van der Waals surface area contributed by atoms with Gasteiger partial charge in [-0.15, -0.1) is 0 Å². The second-order valence-electron chi connectivity index (χ2n) is 4.25. The number of benzene rings is 1. The maximum Gasteiger partial charge on any atom is 0.160 e. The summed E-state index contributed by atoms with van der Waals surface area (Å²) < 4.78 is 10.5. The van der Waals surface area contributed by atoms with E-state index in [1.807, 2.05) is 6.07 Å². The molecule has 0 spiro atoms. The highest BCUT2D eigenvalue weighted by Gasteiger charge is 2.13. The maximum atomic E-state index is 5.31. The molecule has 1 heterocycles. The smallest absolute Gasteiger partial charge is 0.160 e. The number of piperazine rings is 1. The van der Waals surface area contributed by atoms with Crippen LogP contribution in [0.3, 0.4) is 0 Å². The largest absolute Gasteiger partial charge is 0.493 e. The van der Waals surface area contributed by atoms with Gasteiger partial charge in [0.15, 0.2) is 11.5 Å². The Labute approximate surface area is 102 Å². The van der Waals surface area contributed by atoms with E-state index in [1.165, 1.54) is 5.56 Å². The van der Waals surface area contributed by atoms with Crippen molar-refractivity contribution in [1.29, 1.82) is 0 Å². The van der Waals surface area contributed by atoms with E-state index in [0.29, 0.717) is 6.04 Å². The van der Waals surface area contributed by atoms with Crippen LogP contribution in [0.15, 0.2) is 18.2 Å². The summed E-state index contributed by atoms with van der Waals surface area (Å²) in [4.78, 5) is 0. The van der Waals surface area contributed by atoms with Crippen molar-refractivity contribution in [1.82, 2.24) is 10.6 Å². The molecule has 1 atom stereocenters. The van der Waals surface area contributed by atoms with Crippen molar-refractivity contribution < 1.29 is 9.47 Å². The zero-order chi connectivity index (χ0) is 12.1. The van der Waals surface area contributed by atoms with Crippen molar-refractivity contribution in [3.8, 4) is 11.5 Å². The lowest BCUT2D eigenvalue weighted by molar-refractivity contribution is 0.354. The van der Waals surface area contributed by atoms with Crippen LogP contribution in [0.4, 0.5) is 0 Å². The second-order valence-corrected chi connectivity index (χ2v) is 4.25. The molecule has 0 amide bonds. The molecular weight excluding hydrogens is 216 g/mol. The zero-order valence-electron chi connectivity index (χ0n) is 10.5. The van der Waals surface area contributed by atoms with E-state index in [1.54, 1.807) is 14.2 Å². The van der Waals surface area contributed by atoms with Crippen molar-refractivity contribution in [2.24, 2.45) is 0 Å². The summed E-state index contributed by atoms with van der Waals surface area (Å²) in [6.07, 6.45) is 1.01. The Balaban J connectivity index is 2.05. The van der Waals surface area contributed by atoms with Gasteiger partial charge in [-0.3, -0.25) is 0 Å². The van der Waals surface area contributed by atoms with Crippen LogP contribution < -0.4 is 20.1 Å². The number of nitrogens with one attached hydrogen (secondary N) is 2. The molecule has 1 aromatic carbocycles. The van der Waals surface area contributed by atoms with Crippen molar-refractivity contribution in [2.45, 2.75) is 12.5 Å². The third-order valence-electron chi connectivity index (χ3n) is 3.06. The molecule has 2 N–H and O–H groups in total. The summed E-state index contributed by atoms with van der Waals surface area (Å²) in [5.74, 6) is 1.58. The van der Waals surface area contributed by atoms with Crippen LogP contribution in [0.1, 0.15) is 5.56 Å². The zero-order valence-corrected chi connectivity index (χ0v) is 10.5. The van der Waals surface area contributed by atoms with Gasteiger partial charge in [0.2, 0.25) is 0 Å². The minimum atomic E-state index is 0.502. The Morgan fingerprint density at radius 2 is 2.00 bits per heavy atom. The summed E-state index contributed by atoms with van der Waals surface area (Å²) in [6.45, 7) is 3.12. The van der Waals surface area contributed by atoms with Gasteiger partial charge < -0.3 is 20.1 Å². The number of hydrogen-bond donors (Lipinski definition) is 2. The fourth-order valence-electron chi connectivity index (χ4n) is 2.15. The van der Waals surface area contributed by atoms with Crippen LogP contribution in [0.25, 0.3) is 0 Å². The Morgan fingerprint density at radius 1 is 1.18 bits per heavy atom. The van der Waals surface area contributed by atoms with E-state index in [2.05, 4.69) is 22.8 Å². The van der Waals surface area contributed by atoms with Crippen LogP contribution in [-0.4, -0.2) is 39.9 Å². The Bertz CT molecular complexity index is 362. The topological polar surface area (TPSA) is 42.5 Å². The predicted octanol–water partition coefficient (Wildman–Crippen LogP) is 0.808. The van der Waals surface area contributed by atoms with E-state index >= 15 is 0 Å². The quantitative estimate of drug-likeness (QED) is 0.812. The van der Waals surface area contributed by atoms with Gasteiger partial charge in [0.1, 0.15) is 0 Å². The van der Waals surface area contributed by atoms with Gasteiger partial charge >= 0.3 is 0 Å². The lowest BCUT2D eigenvalue weighted by atomic mass is 10.0. The Kier molecular flexibility index (Phi) is 4.23. The molecule has 0 radical (unpaired) electrons. The summed E-state index contributed by atoms with van der Waals surface area (Å²) in [5.41, 5.74) is 1.27. The van der Waals surface area contributed by atoms with Crippen LogP contribution in [0.5, 0.6) is 11.5 Å². The van der Waals surface area contributed by atoms with Gasteiger partial charge in [-0.1, -0.05) is 6.07 Å². The van der Waals surface area contributed by atoms with Gasteiger partial charge in [-0.2, -0.15) is 0 Å². The van der Waals surface area contributed by atoms with E-state index in [9.17, 15) is 0 Å². The molecule has 0 aliphatic carbocycles. The lowest BCUT2D eigenvalue weighted by Gasteiger charge is -2.24. The van der Waals surface area contributed by atoms with Gasteiger partial charge in [-0.05, 0) is 24.1 Å². The van der Waals surface area contributed by atoms with Gasteiger partial charge in [-0.25, -0.2) is 0 Å². The number of hydrogen-bond acceptors (Lipinski definition) is 4. The first kappa shape index (κ1) is 12.2.